The van der Waals surface area contributed by atoms with E-state index in [0.717, 1.165) is 42.2 Å². The molecule has 0 unspecified atom stereocenters. The second-order valence-corrected chi connectivity index (χ2v) is 6.05. The number of ether oxygens (including phenoxy) is 2. The Morgan fingerprint density at radius 1 is 1.35 bits per heavy atom. The molecule has 0 spiro atoms. The molecule has 0 radical (unpaired) electrons. The summed E-state index contributed by atoms with van der Waals surface area (Å²) in [5, 5.41) is 4.39. The van der Waals surface area contributed by atoms with Crippen LogP contribution in [0.2, 0.25) is 0 Å². The first kappa shape index (κ1) is 13.8. The van der Waals surface area contributed by atoms with Crippen LogP contribution in [0.5, 0.6) is 5.75 Å². The maximum absolute atomic E-state index is 5.95. The molecule has 0 amide bonds. The lowest BCUT2D eigenvalue weighted by Gasteiger charge is -2.22. The van der Waals surface area contributed by atoms with E-state index in [1.54, 1.807) is 11.3 Å². The maximum atomic E-state index is 5.95. The third-order valence-corrected chi connectivity index (χ3v) is 4.44. The van der Waals surface area contributed by atoms with Crippen LogP contribution in [-0.4, -0.2) is 30.8 Å². The number of hydrogen-bond donors (Lipinski definition) is 1. The van der Waals surface area contributed by atoms with Crippen molar-refractivity contribution >= 4 is 21.6 Å². The Kier molecular flexibility index (Phi) is 4.50. The van der Waals surface area contributed by atoms with Crippen LogP contribution in [0.15, 0.2) is 18.2 Å². The van der Waals surface area contributed by atoms with Gasteiger partial charge < -0.3 is 14.8 Å². The quantitative estimate of drug-likeness (QED) is 0.920. The Balaban J connectivity index is 1.65. The molecule has 5 heteroatoms. The van der Waals surface area contributed by atoms with Crippen molar-refractivity contribution < 1.29 is 9.47 Å². The van der Waals surface area contributed by atoms with Crippen molar-refractivity contribution in [1.29, 1.82) is 0 Å². The lowest BCUT2D eigenvalue weighted by Crippen LogP contribution is -2.32. The second-order valence-electron chi connectivity index (χ2n) is 4.93. The fourth-order valence-corrected chi connectivity index (χ4v) is 3.34. The molecular formula is C15H20N2O2S. The van der Waals surface area contributed by atoms with Crippen LogP contribution >= 0.6 is 11.3 Å². The number of hydrogen-bond acceptors (Lipinski definition) is 5. The minimum atomic E-state index is 0.377. The summed E-state index contributed by atoms with van der Waals surface area (Å²) in [6, 6.07) is 6.05. The fraction of sp³-hybridized carbons (Fsp3) is 0.533. The first-order chi connectivity index (χ1) is 9.85. The molecular weight excluding hydrogens is 272 g/mol. The first-order valence-corrected chi connectivity index (χ1v) is 8.01. The van der Waals surface area contributed by atoms with E-state index in [1.807, 2.05) is 19.1 Å². The van der Waals surface area contributed by atoms with Gasteiger partial charge in [-0.3, -0.25) is 0 Å². The van der Waals surface area contributed by atoms with E-state index >= 15 is 0 Å². The van der Waals surface area contributed by atoms with Gasteiger partial charge in [-0.25, -0.2) is 4.98 Å². The summed E-state index contributed by atoms with van der Waals surface area (Å²) in [6.45, 7) is 5.42. The lowest BCUT2D eigenvalue weighted by atomic mass is 10.1. The molecule has 4 nitrogen and oxygen atoms in total. The van der Waals surface area contributed by atoms with Crippen molar-refractivity contribution in [1.82, 2.24) is 10.3 Å². The fourth-order valence-electron chi connectivity index (χ4n) is 2.42. The number of piperidine rings is 1. The predicted molar refractivity (Wildman–Crippen MR) is 81.5 cm³/mol. The van der Waals surface area contributed by atoms with Gasteiger partial charge in [0.15, 0.2) is 0 Å². The number of nitrogens with one attached hydrogen (secondary N) is 1. The van der Waals surface area contributed by atoms with Gasteiger partial charge in [0.1, 0.15) is 10.8 Å². The summed E-state index contributed by atoms with van der Waals surface area (Å²) in [5.41, 5.74) is 1.03. The van der Waals surface area contributed by atoms with Crippen molar-refractivity contribution in [3.05, 3.63) is 23.2 Å². The minimum absolute atomic E-state index is 0.377. The van der Waals surface area contributed by atoms with Gasteiger partial charge in [-0.2, -0.15) is 0 Å². The normalized spacial score (nSPS) is 16.6. The number of fused-ring (bicyclic) bond motifs is 1. The van der Waals surface area contributed by atoms with Crippen LogP contribution in [0.25, 0.3) is 10.2 Å². The summed E-state index contributed by atoms with van der Waals surface area (Å²) in [6.07, 6.45) is 2.57. The number of benzene rings is 1. The number of thiazole rings is 1. The molecule has 1 N–H and O–H groups in total. The van der Waals surface area contributed by atoms with E-state index in [4.69, 9.17) is 9.47 Å². The molecule has 1 fully saturated rings. The highest BCUT2D eigenvalue weighted by atomic mass is 32.1. The van der Waals surface area contributed by atoms with Gasteiger partial charge in [-0.1, -0.05) is 0 Å². The van der Waals surface area contributed by atoms with Crippen LogP contribution in [0.4, 0.5) is 0 Å². The Morgan fingerprint density at radius 3 is 3.00 bits per heavy atom. The molecule has 0 atom stereocenters. The molecule has 1 aromatic carbocycles. The van der Waals surface area contributed by atoms with E-state index in [9.17, 15) is 0 Å². The van der Waals surface area contributed by atoms with Crippen LogP contribution in [0.1, 0.15) is 24.8 Å². The molecule has 20 heavy (non-hydrogen) atoms. The van der Waals surface area contributed by atoms with Gasteiger partial charge in [0.2, 0.25) is 0 Å². The van der Waals surface area contributed by atoms with Gasteiger partial charge in [0.05, 0.1) is 29.5 Å². The summed E-state index contributed by atoms with van der Waals surface area (Å²) in [5.74, 6) is 0.912. The van der Waals surface area contributed by atoms with Crippen LogP contribution in [0, 0.1) is 0 Å². The van der Waals surface area contributed by atoms with Crippen molar-refractivity contribution in [2.45, 2.75) is 32.5 Å². The Bertz CT molecular complexity index is 564. The van der Waals surface area contributed by atoms with Gasteiger partial charge in [0.25, 0.3) is 0 Å². The molecule has 2 heterocycles. The molecule has 0 saturated carbocycles. The second kappa shape index (κ2) is 6.52. The lowest BCUT2D eigenvalue weighted by molar-refractivity contribution is 0.0212. The van der Waals surface area contributed by atoms with Gasteiger partial charge >= 0.3 is 0 Å². The molecule has 1 aromatic heterocycles. The zero-order valence-electron chi connectivity index (χ0n) is 11.7. The van der Waals surface area contributed by atoms with Crippen LogP contribution < -0.4 is 10.1 Å². The third-order valence-electron chi connectivity index (χ3n) is 3.44. The van der Waals surface area contributed by atoms with Crippen LogP contribution in [0.3, 0.4) is 0 Å². The molecule has 1 aliphatic rings. The van der Waals surface area contributed by atoms with Crippen molar-refractivity contribution in [2.24, 2.45) is 0 Å². The smallest absolute Gasteiger partial charge is 0.120 e. The number of nitrogens with zero attached hydrogens (tertiary/aromatic N) is 1. The van der Waals surface area contributed by atoms with Gasteiger partial charge in [-0.05, 0) is 51.1 Å². The van der Waals surface area contributed by atoms with Gasteiger partial charge in [0, 0.05) is 0 Å². The summed E-state index contributed by atoms with van der Waals surface area (Å²) in [7, 11) is 0. The van der Waals surface area contributed by atoms with E-state index in [2.05, 4.69) is 16.4 Å². The van der Waals surface area contributed by atoms with E-state index < -0.39 is 0 Å². The third kappa shape index (κ3) is 3.29. The summed E-state index contributed by atoms with van der Waals surface area (Å²) in [4.78, 5) is 4.62. The van der Waals surface area contributed by atoms with Crippen LogP contribution in [-0.2, 0) is 11.3 Å². The van der Waals surface area contributed by atoms with Crippen molar-refractivity contribution in [3.8, 4) is 5.75 Å². The summed E-state index contributed by atoms with van der Waals surface area (Å²) >= 11 is 1.69. The Morgan fingerprint density at radius 2 is 2.20 bits per heavy atom. The summed E-state index contributed by atoms with van der Waals surface area (Å²) < 4.78 is 12.6. The monoisotopic (exact) mass is 292 g/mol. The zero-order valence-corrected chi connectivity index (χ0v) is 12.5. The number of rotatable bonds is 5. The molecule has 1 saturated heterocycles. The minimum Gasteiger partial charge on any atom is -0.494 e. The topological polar surface area (TPSA) is 43.4 Å². The SMILES string of the molecule is CCOc1ccc2nc(COC3CCNCC3)sc2c1. The largest absolute Gasteiger partial charge is 0.494 e. The average molecular weight is 292 g/mol. The standard InChI is InChI=1S/C15H20N2O2S/c1-2-18-12-3-4-13-14(9-12)20-15(17-13)10-19-11-5-7-16-8-6-11/h3-4,9,11,16H,2,5-8,10H2,1H3. The van der Waals surface area contributed by atoms with E-state index in [0.29, 0.717) is 19.3 Å². The Hall–Kier alpha value is -1.17. The molecule has 0 bridgehead atoms. The molecule has 3 rings (SSSR count). The zero-order chi connectivity index (χ0) is 13.8. The highest BCUT2D eigenvalue weighted by Crippen LogP contribution is 2.27. The molecule has 2 aromatic rings. The maximum Gasteiger partial charge on any atom is 0.120 e. The van der Waals surface area contributed by atoms with E-state index in [1.165, 1.54) is 4.70 Å². The highest BCUT2D eigenvalue weighted by Gasteiger charge is 2.14. The van der Waals surface area contributed by atoms with E-state index in [-0.39, 0.29) is 0 Å². The van der Waals surface area contributed by atoms with Crippen molar-refractivity contribution in [2.75, 3.05) is 19.7 Å². The number of aromatic nitrogens is 1. The molecule has 108 valence electrons. The molecule has 0 aliphatic carbocycles. The highest BCUT2D eigenvalue weighted by molar-refractivity contribution is 7.18. The van der Waals surface area contributed by atoms with Crippen molar-refractivity contribution in [3.63, 3.8) is 0 Å². The molecule has 1 aliphatic heterocycles. The predicted octanol–water partition coefficient (Wildman–Crippen LogP) is 2.96. The average Bonchev–Trinajstić information content (AvgIpc) is 2.89. The first-order valence-electron chi connectivity index (χ1n) is 7.19. The Labute approximate surface area is 123 Å². The van der Waals surface area contributed by atoms with Gasteiger partial charge in [-0.15, -0.1) is 11.3 Å².